The molecule has 1 aromatic carbocycles. The van der Waals surface area contributed by atoms with E-state index in [2.05, 4.69) is 4.98 Å². The molecule has 0 aliphatic rings. The highest BCUT2D eigenvalue weighted by molar-refractivity contribution is 6.43. The molecule has 2 aromatic rings. The number of hydrogen-bond donors (Lipinski definition) is 1. The Hall–Kier alpha value is -1.58. The molecule has 0 atom stereocenters. The molecular weight excluding hydrogens is 285 g/mol. The molecule has 1 heterocycles. The summed E-state index contributed by atoms with van der Waals surface area (Å²) in [5.41, 5.74) is 2.88. The highest BCUT2D eigenvalue weighted by atomic mass is 35.5. The average Bonchev–Trinajstić information content (AvgIpc) is 2.35. The van der Waals surface area contributed by atoms with Crippen molar-refractivity contribution < 1.29 is 9.90 Å². The van der Waals surface area contributed by atoms with Crippen LogP contribution in [0.1, 0.15) is 11.1 Å². The predicted molar refractivity (Wildman–Crippen MR) is 75.8 cm³/mol. The van der Waals surface area contributed by atoms with Crippen molar-refractivity contribution in [2.75, 3.05) is 0 Å². The van der Waals surface area contributed by atoms with Crippen molar-refractivity contribution in [2.24, 2.45) is 0 Å². The molecule has 0 amide bonds. The molecule has 0 bridgehead atoms. The van der Waals surface area contributed by atoms with E-state index in [1.807, 2.05) is 13.0 Å². The number of pyridine rings is 1. The molecule has 0 spiro atoms. The van der Waals surface area contributed by atoms with Gasteiger partial charge in [-0.05, 0) is 30.2 Å². The first kappa shape index (κ1) is 13.8. The lowest BCUT2D eigenvalue weighted by Crippen LogP contribution is -2.03. The van der Waals surface area contributed by atoms with Crippen molar-refractivity contribution in [3.05, 3.63) is 51.6 Å². The lowest BCUT2D eigenvalue weighted by atomic mass is 10.0. The summed E-state index contributed by atoms with van der Waals surface area (Å²) >= 11 is 12.2. The standard InChI is InChI=1S/C14H11Cl2NO2/c1-8-9(7-12(18)19)5-6-17-14(8)10-3-2-4-11(15)13(10)16/h2-6H,7H2,1H3,(H,18,19). The van der Waals surface area contributed by atoms with Crippen molar-refractivity contribution in [3.63, 3.8) is 0 Å². The van der Waals surface area contributed by atoms with Crippen LogP contribution in [-0.4, -0.2) is 16.1 Å². The van der Waals surface area contributed by atoms with Crippen LogP contribution in [-0.2, 0) is 11.2 Å². The van der Waals surface area contributed by atoms with Gasteiger partial charge in [-0.15, -0.1) is 0 Å². The van der Waals surface area contributed by atoms with Gasteiger partial charge in [0.15, 0.2) is 0 Å². The zero-order chi connectivity index (χ0) is 14.0. The van der Waals surface area contributed by atoms with E-state index in [4.69, 9.17) is 28.3 Å². The van der Waals surface area contributed by atoms with Crippen molar-refractivity contribution >= 4 is 29.2 Å². The molecule has 0 saturated carbocycles. The Bertz CT molecular complexity index is 641. The van der Waals surface area contributed by atoms with Crippen LogP contribution in [0.4, 0.5) is 0 Å². The highest BCUT2D eigenvalue weighted by Crippen LogP contribution is 2.34. The fraction of sp³-hybridized carbons (Fsp3) is 0.143. The molecule has 2 rings (SSSR count). The number of carbonyl (C=O) groups is 1. The molecule has 5 heteroatoms. The monoisotopic (exact) mass is 295 g/mol. The molecule has 0 radical (unpaired) electrons. The Morgan fingerprint density at radius 1 is 1.32 bits per heavy atom. The van der Waals surface area contributed by atoms with Crippen molar-refractivity contribution in [2.45, 2.75) is 13.3 Å². The number of aromatic nitrogens is 1. The number of halogens is 2. The molecule has 19 heavy (non-hydrogen) atoms. The van der Waals surface area contributed by atoms with Crippen LogP contribution in [0.2, 0.25) is 10.0 Å². The van der Waals surface area contributed by atoms with E-state index < -0.39 is 5.97 Å². The maximum absolute atomic E-state index is 10.8. The van der Waals surface area contributed by atoms with Gasteiger partial charge in [0.2, 0.25) is 0 Å². The lowest BCUT2D eigenvalue weighted by Gasteiger charge is -2.11. The van der Waals surface area contributed by atoms with E-state index in [9.17, 15) is 4.79 Å². The summed E-state index contributed by atoms with van der Waals surface area (Å²) in [6.07, 6.45) is 1.54. The zero-order valence-corrected chi connectivity index (χ0v) is 11.7. The minimum Gasteiger partial charge on any atom is -0.481 e. The molecule has 0 aliphatic heterocycles. The molecule has 1 N–H and O–H groups in total. The van der Waals surface area contributed by atoms with E-state index in [0.717, 1.165) is 5.56 Å². The van der Waals surface area contributed by atoms with Gasteiger partial charge in [-0.3, -0.25) is 9.78 Å². The maximum Gasteiger partial charge on any atom is 0.307 e. The summed E-state index contributed by atoms with van der Waals surface area (Å²) < 4.78 is 0. The first-order valence-electron chi connectivity index (χ1n) is 5.61. The number of hydrogen-bond acceptors (Lipinski definition) is 2. The van der Waals surface area contributed by atoms with Gasteiger partial charge in [-0.1, -0.05) is 35.3 Å². The Labute approximate surface area is 120 Å². The minimum atomic E-state index is -0.877. The molecule has 0 fully saturated rings. The van der Waals surface area contributed by atoms with E-state index >= 15 is 0 Å². The number of rotatable bonds is 3. The second-order valence-corrected chi connectivity index (χ2v) is 4.90. The maximum atomic E-state index is 10.8. The van der Waals surface area contributed by atoms with E-state index in [1.54, 1.807) is 24.4 Å². The third-order valence-corrected chi connectivity index (χ3v) is 3.68. The smallest absolute Gasteiger partial charge is 0.307 e. The molecular formula is C14H11Cl2NO2. The van der Waals surface area contributed by atoms with Gasteiger partial charge in [0.05, 0.1) is 22.2 Å². The van der Waals surface area contributed by atoms with Crippen molar-refractivity contribution in [1.29, 1.82) is 0 Å². The second-order valence-electron chi connectivity index (χ2n) is 4.12. The lowest BCUT2D eigenvalue weighted by molar-refractivity contribution is -0.136. The third-order valence-electron chi connectivity index (χ3n) is 2.86. The summed E-state index contributed by atoms with van der Waals surface area (Å²) in [5.74, 6) is -0.877. The van der Waals surface area contributed by atoms with Crippen LogP contribution in [0.5, 0.6) is 0 Å². The second kappa shape index (κ2) is 5.59. The number of carboxylic acid groups (broad SMARTS) is 1. The molecule has 0 unspecified atom stereocenters. The largest absolute Gasteiger partial charge is 0.481 e. The summed E-state index contributed by atoms with van der Waals surface area (Å²) in [4.78, 5) is 15.1. The number of benzene rings is 1. The van der Waals surface area contributed by atoms with E-state index in [1.165, 1.54) is 0 Å². The summed E-state index contributed by atoms with van der Waals surface area (Å²) in [7, 11) is 0. The molecule has 0 aliphatic carbocycles. The van der Waals surface area contributed by atoms with Crippen LogP contribution in [0, 0.1) is 6.92 Å². The Morgan fingerprint density at radius 3 is 2.74 bits per heavy atom. The van der Waals surface area contributed by atoms with Crippen LogP contribution >= 0.6 is 23.2 Å². The van der Waals surface area contributed by atoms with Gasteiger partial charge in [-0.2, -0.15) is 0 Å². The van der Waals surface area contributed by atoms with E-state index in [-0.39, 0.29) is 6.42 Å². The first-order chi connectivity index (χ1) is 9.00. The zero-order valence-electron chi connectivity index (χ0n) is 10.2. The summed E-state index contributed by atoms with van der Waals surface area (Å²) in [6, 6.07) is 7.00. The van der Waals surface area contributed by atoms with Gasteiger partial charge in [0, 0.05) is 11.8 Å². The normalized spacial score (nSPS) is 10.5. The fourth-order valence-corrected chi connectivity index (χ4v) is 2.28. The van der Waals surface area contributed by atoms with Gasteiger partial charge in [0.1, 0.15) is 0 Å². The van der Waals surface area contributed by atoms with Crippen LogP contribution < -0.4 is 0 Å². The number of carboxylic acids is 1. The topological polar surface area (TPSA) is 50.2 Å². The highest BCUT2D eigenvalue weighted by Gasteiger charge is 2.13. The van der Waals surface area contributed by atoms with Gasteiger partial charge >= 0.3 is 5.97 Å². The molecule has 3 nitrogen and oxygen atoms in total. The van der Waals surface area contributed by atoms with Crippen LogP contribution in [0.25, 0.3) is 11.3 Å². The average molecular weight is 296 g/mol. The van der Waals surface area contributed by atoms with Crippen LogP contribution in [0.15, 0.2) is 30.5 Å². The molecule has 1 aromatic heterocycles. The first-order valence-corrected chi connectivity index (χ1v) is 6.37. The molecule has 0 saturated heterocycles. The van der Waals surface area contributed by atoms with Gasteiger partial charge < -0.3 is 5.11 Å². The Kier molecular flexibility index (Phi) is 4.08. The van der Waals surface area contributed by atoms with E-state index in [0.29, 0.717) is 26.9 Å². The number of nitrogens with zero attached hydrogens (tertiary/aromatic N) is 1. The Morgan fingerprint density at radius 2 is 2.05 bits per heavy atom. The van der Waals surface area contributed by atoms with Crippen molar-refractivity contribution in [1.82, 2.24) is 4.98 Å². The summed E-state index contributed by atoms with van der Waals surface area (Å²) in [6.45, 7) is 1.83. The number of aliphatic carboxylic acids is 1. The predicted octanol–water partition coefficient (Wildman–Crippen LogP) is 3.99. The Balaban J connectivity index is 2.57. The SMILES string of the molecule is Cc1c(CC(=O)O)ccnc1-c1cccc(Cl)c1Cl. The van der Waals surface area contributed by atoms with Gasteiger partial charge in [0.25, 0.3) is 0 Å². The third kappa shape index (κ3) is 2.88. The molecule has 98 valence electrons. The summed E-state index contributed by atoms with van der Waals surface area (Å²) in [5, 5.41) is 9.76. The fourth-order valence-electron chi connectivity index (χ4n) is 1.89. The quantitative estimate of drug-likeness (QED) is 0.931. The van der Waals surface area contributed by atoms with Crippen LogP contribution in [0.3, 0.4) is 0 Å². The van der Waals surface area contributed by atoms with Crippen molar-refractivity contribution in [3.8, 4) is 11.3 Å². The minimum absolute atomic E-state index is 0.0421. The van der Waals surface area contributed by atoms with Gasteiger partial charge in [-0.25, -0.2) is 0 Å².